The summed E-state index contributed by atoms with van der Waals surface area (Å²) in [5.41, 5.74) is 0.338. The van der Waals surface area contributed by atoms with Crippen molar-refractivity contribution in [3.05, 3.63) is 12.2 Å². The highest BCUT2D eigenvalue weighted by Crippen LogP contribution is 2.63. The second-order valence-corrected chi connectivity index (χ2v) is 7.72. The number of fused-ring (bicyclic) bond motifs is 1. The van der Waals surface area contributed by atoms with Crippen molar-refractivity contribution in [3.63, 3.8) is 0 Å². The SMILES string of the molecule is C=C(C)C12CC3CCC(=O)C(C1)C3(N1CCOCC1)CC2=O. The van der Waals surface area contributed by atoms with Crippen molar-refractivity contribution < 1.29 is 14.3 Å². The lowest BCUT2D eigenvalue weighted by Gasteiger charge is -2.66. The molecule has 1 aliphatic heterocycles. The van der Waals surface area contributed by atoms with Gasteiger partial charge in [0.25, 0.3) is 0 Å². The lowest BCUT2D eigenvalue weighted by atomic mass is 9.42. The Morgan fingerprint density at radius 2 is 2.00 bits per heavy atom. The van der Waals surface area contributed by atoms with Gasteiger partial charge in [-0.05, 0) is 32.1 Å². The molecule has 22 heavy (non-hydrogen) atoms. The Labute approximate surface area is 131 Å². The van der Waals surface area contributed by atoms with Crippen molar-refractivity contribution in [1.29, 1.82) is 0 Å². The van der Waals surface area contributed by atoms with E-state index in [9.17, 15) is 9.59 Å². The maximum Gasteiger partial charge on any atom is 0.144 e. The smallest absolute Gasteiger partial charge is 0.144 e. The molecule has 0 spiro atoms. The van der Waals surface area contributed by atoms with Crippen LogP contribution in [0.5, 0.6) is 0 Å². The van der Waals surface area contributed by atoms with E-state index >= 15 is 0 Å². The van der Waals surface area contributed by atoms with Gasteiger partial charge in [0.05, 0.1) is 18.6 Å². The number of hydrogen-bond acceptors (Lipinski definition) is 4. The molecule has 5 rings (SSSR count). The second kappa shape index (κ2) is 4.75. The summed E-state index contributed by atoms with van der Waals surface area (Å²) in [6.07, 6.45) is 3.79. The van der Waals surface area contributed by atoms with Crippen LogP contribution in [0.15, 0.2) is 12.2 Å². The molecule has 1 saturated heterocycles. The number of carbonyl (C=O) groups excluding carboxylic acids is 2. The minimum absolute atomic E-state index is 0.0208. The Morgan fingerprint density at radius 3 is 2.68 bits per heavy atom. The van der Waals surface area contributed by atoms with Gasteiger partial charge in [-0.1, -0.05) is 12.2 Å². The second-order valence-electron chi connectivity index (χ2n) is 7.72. The fourth-order valence-electron chi connectivity index (χ4n) is 5.80. The van der Waals surface area contributed by atoms with E-state index in [0.717, 1.165) is 44.7 Å². The first-order chi connectivity index (χ1) is 10.5. The molecule has 4 atom stereocenters. The molecule has 5 aliphatic rings. The van der Waals surface area contributed by atoms with Crippen LogP contribution in [0.3, 0.4) is 0 Å². The van der Waals surface area contributed by atoms with E-state index in [-0.39, 0.29) is 11.5 Å². The largest absolute Gasteiger partial charge is 0.379 e. The minimum Gasteiger partial charge on any atom is -0.379 e. The predicted octanol–water partition coefficient (Wildman–Crippen LogP) is 1.98. The molecule has 0 N–H and O–H groups in total. The number of ketones is 2. The normalized spacial score (nSPS) is 45.1. The van der Waals surface area contributed by atoms with Crippen molar-refractivity contribution >= 4 is 11.6 Å². The molecule has 4 saturated carbocycles. The number of Topliss-reactive ketones (excluding diaryl/α,β-unsaturated/α-hetero) is 2. The van der Waals surface area contributed by atoms with Crippen LogP contribution in [0.1, 0.15) is 39.0 Å². The van der Waals surface area contributed by atoms with Crippen LogP contribution >= 0.6 is 0 Å². The average molecular weight is 303 g/mol. The van der Waals surface area contributed by atoms with Gasteiger partial charge in [0, 0.05) is 37.4 Å². The lowest BCUT2D eigenvalue weighted by Crippen LogP contribution is -2.73. The van der Waals surface area contributed by atoms with Crippen molar-refractivity contribution in [2.45, 2.75) is 44.6 Å². The summed E-state index contributed by atoms with van der Waals surface area (Å²) in [6.45, 7) is 9.24. The molecule has 4 heteroatoms. The summed E-state index contributed by atoms with van der Waals surface area (Å²) >= 11 is 0. The van der Waals surface area contributed by atoms with Crippen molar-refractivity contribution in [2.75, 3.05) is 26.3 Å². The van der Waals surface area contributed by atoms with Crippen LogP contribution in [0.4, 0.5) is 0 Å². The third-order valence-corrected chi connectivity index (χ3v) is 6.98. The van der Waals surface area contributed by atoms with Crippen LogP contribution in [0.2, 0.25) is 0 Å². The summed E-state index contributed by atoms with van der Waals surface area (Å²) < 4.78 is 5.50. The number of carbonyl (C=O) groups is 2. The molecular weight excluding hydrogens is 278 g/mol. The van der Waals surface area contributed by atoms with Gasteiger partial charge in [0.1, 0.15) is 11.6 Å². The highest BCUT2D eigenvalue weighted by molar-refractivity contribution is 5.96. The third kappa shape index (κ3) is 1.65. The Bertz CT molecular complexity index is 551. The molecule has 0 amide bonds. The number of hydrogen-bond donors (Lipinski definition) is 0. The van der Waals surface area contributed by atoms with Gasteiger partial charge < -0.3 is 4.74 Å². The van der Waals surface area contributed by atoms with Gasteiger partial charge in [0.15, 0.2) is 0 Å². The molecule has 4 nitrogen and oxygen atoms in total. The number of ether oxygens (including phenoxy) is 1. The zero-order valence-corrected chi connectivity index (χ0v) is 13.4. The van der Waals surface area contributed by atoms with Crippen molar-refractivity contribution in [3.8, 4) is 0 Å². The van der Waals surface area contributed by atoms with E-state index < -0.39 is 5.41 Å². The predicted molar refractivity (Wildman–Crippen MR) is 82.4 cm³/mol. The molecule has 5 fully saturated rings. The lowest BCUT2D eigenvalue weighted by molar-refractivity contribution is -0.183. The fraction of sp³-hybridized carbons (Fsp3) is 0.778. The third-order valence-electron chi connectivity index (χ3n) is 6.98. The van der Waals surface area contributed by atoms with Gasteiger partial charge in [-0.25, -0.2) is 0 Å². The summed E-state index contributed by atoms with van der Waals surface area (Å²) in [7, 11) is 0. The Balaban J connectivity index is 1.80. The van der Waals surface area contributed by atoms with E-state index in [1.54, 1.807) is 0 Å². The van der Waals surface area contributed by atoms with Gasteiger partial charge in [-0.15, -0.1) is 0 Å². The first-order valence-electron chi connectivity index (χ1n) is 8.55. The Morgan fingerprint density at radius 1 is 1.27 bits per heavy atom. The highest BCUT2D eigenvalue weighted by atomic mass is 16.5. The molecule has 0 aromatic carbocycles. The van der Waals surface area contributed by atoms with Crippen LogP contribution in [-0.4, -0.2) is 48.3 Å². The molecule has 120 valence electrons. The molecular formula is C18H25NO3. The monoisotopic (exact) mass is 303 g/mol. The Hall–Kier alpha value is -1.00. The van der Waals surface area contributed by atoms with Crippen LogP contribution < -0.4 is 0 Å². The van der Waals surface area contributed by atoms with E-state index in [1.165, 1.54) is 0 Å². The zero-order chi connectivity index (χ0) is 15.5. The fourth-order valence-corrected chi connectivity index (χ4v) is 5.80. The zero-order valence-electron chi connectivity index (χ0n) is 13.4. The van der Waals surface area contributed by atoms with Gasteiger partial charge in [-0.3, -0.25) is 14.5 Å². The molecule has 4 bridgehead atoms. The number of morpholine rings is 1. The van der Waals surface area contributed by atoms with Crippen LogP contribution in [-0.2, 0) is 14.3 Å². The molecule has 4 aliphatic carbocycles. The Kier molecular flexibility index (Phi) is 3.15. The van der Waals surface area contributed by atoms with E-state index in [1.807, 2.05) is 6.92 Å². The average Bonchev–Trinajstić information content (AvgIpc) is 2.52. The van der Waals surface area contributed by atoms with Crippen LogP contribution in [0.25, 0.3) is 0 Å². The topological polar surface area (TPSA) is 46.6 Å². The quantitative estimate of drug-likeness (QED) is 0.732. The van der Waals surface area contributed by atoms with Gasteiger partial charge in [-0.2, -0.15) is 0 Å². The summed E-state index contributed by atoms with van der Waals surface area (Å²) in [5.74, 6) is 1.18. The molecule has 0 radical (unpaired) electrons. The van der Waals surface area contributed by atoms with E-state index in [2.05, 4.69) is 11.5 Å². The van der Waals surface area contributed by atoms with Crippen molar-refractivity contribution in [2.24, 2.45) is 17.3 Å². The van der Waals surface area contributed by atoms with E-state index in [4.69, 9.17) is 4.74 Å². The maximum atomic E-state index is 13.0. The van der Waals surface area contributed by atoms with E-state index in [0.29, 0.717) is 36.7 Å². The summed E-state index contributed by atoms with van der Waals surface area (Å²) in [4.78, 5) is 28.1. The number of nitrogens with zero attached hydrogens (tertiary/aromatic N) is 1. The maximum absolute atomic E-state index is 13.0. The summed E-state index contributed by atoms with van der Waals surface area (Å²) in [6, 6.07) is 0. The first-order valence-corrected chi connectivity index (χ1v) is 8.55. The molecule has 1 heterocycles. The minimum atomic E-state index is -0.417. The highest BCUT2D eigenvalue weighted by Gasteiger charge is 2.68. The number of rotatable bonds is 2. The number of allylic oxidation sites excluding steroid dienone is 1. The molecule has 0 aromatic rings. The van der Waals surface area contributed by atoms with Crippen molar-refractivity contribution in [1.82, 2.24) is 4.90 Å². The van der Waals surface area contributed by atoms with Gasteiger partial charge >= 0.3 is 0 Å². The van der Waals surface area contributed by atoms with Gasteiger partial charge in [0.2, 0.25) is 0 Å². The van der Waals surface area contributed by atoms with Crippen LogP contribution in [0, 0.1) is 17.3 Å². The summed E-state index contributed by atoms with van der Waals surface area (Å²) in [5, 5.41) is 0. The first kappa shape index (κ1) is 14.6. The standard InChI is InChI=1S/C18H25NO3/c1-12(2)17-9-13-3-4-15(20)14(10-17)18(13,11-16(17)21)19-5-7-22-8-6-19/h13-14H,1,3-11H2,2H3. The molecule has 4 unspecified atom stereocenters. The molecule has 0 aromatic heterocycles.